The molecule has 15 heavy (non-hydrogen) atoms. The molecule has 0 saturated carbocycles. The number of rotatable bonds is 2. The second-order valence-electron chi connectivity index (χ2n) is 3.60. The van der Waals surface area contributed by atoms with Crippen LogP contribution < -0.4 is 10.1 Å². The first-order chi connectivity index (χ1) is 7.31. The molecule has 1 aromatic heterocycles. The molecule has 0 amide bonds. The highest BCUT2D eigenvalue weighted by Gasteiger charge is 2.19. The van der Waals surface area contributed by atoms with E-state index in [2.05, 4.69) is 15.3 Å². The summed E-state index contributed by atoms with van der Waals surface area (Å²) in [4.78, 5) is 7.14. The Balaban J connectivity index is 1.91. The molecule has 1 fully saturated rings. The predicted molar refractivity (Wildman–Crippen MR) is 53.3 cm³/mol. The van der Waals surface area contributed by atoms with Gasteiger partial charge in [-0.1, -0.05) is 0 Å². The maximum absolute atomic E-state index is 12.9. The summed E-state index contributed by atoms with van der Waals surface area (Å²) in [5, 5.41) is 3.10. The molecule has 0 aliphatic carbocycles. The molecule has 0 atom stereocenters. The quantitative estimate of drug-likeness (QED) is 0.774. The Morgan fingerprint density at radius 3 is 3.00 bits per heavy atom. The minimum absolute atomic E-state index is 0.176. The van der Waals surface area contributed by atoms with Crippen LogP contribution in [0.3, 0.4) is 0 Å². The molecule has 0 bridgehead atoms. The van der Waals surface area contributed by atoms with Crippen molar-refractivity contribution < 1.29 is 9.13 Å². The number of nitrogens with one attached hydrogen (secondary N) is 2. The number of nitrogens with zero attached hydrogens (tertiary/aromatic N) is 1. The first-order valence-corrected chi connectivity index (χ1v) is 4.84. The highest BCUT2D eigenvalue weighted by atomic mass is 19.1. The van der Waals surface area contributed by atoms with Crippen molar-refractivity contribution in [3.8, 4) is 6.01 Å². The highest BCUT2D eigenvalue weighted by molar-refractivity contribution is 5.75. The number of hydrogen-bond donors (Lipinski definition) is 2. The van der Waals surface area contributed by atoms with Gasteiger partial charge in [0.25, 0.3) is 6.01 Å². The van der Waals surface area contributed by atoms with Crippen LogP contribution in [0.15, 0.2) is 18.2 Å². The molecule has 1 aliphatic rings. The lowest BCUT2D eigenvalue weighted by Gasteiger charge is -2.26. The van der Waals surface area contributed by atoms with Crippen molar-refractivity contribution in [2.24, 2.45) is 0 Å². The van der Waals surface area contributed by atoms with E-state index in [1.165, 1.54) is 12.1 Å². The number of ether oxygens (including phenoxy) is 1. The summed E-state index contributed by atoms with van der Waals surface area (Å²) in [7, 11) is 0. The molecule has 4 nitrogen and oxygen atoms in total. The van der Waals surface area contributed by atoms with Gasteiger partial charge < -0.3 is 15.0 Å². The zero-order valence-electron chi connectivity index (χ0n) is 7.96. The Morgan fingerprint density at radius 1 is 1.40 bits per heavy atom. The number of H-pyrrole nitrogens is 1. The van der Waals surface area contributed by atoms with Crippen LogP contribution in [-0.4, -0.2) is 29.2 Å². The number of aromatic nitrogens is 2. The van der Waals surface area contributed by atoms with Gasteiger partial charge in [0.2, 0.25) is 0 Å². The van der Waals surface area contributed by atoms with Gasteiger partial charge >= 0.3 is 0 Å². The molecular formula is C10H10FN3O. The van der Waals surface area contributed by atoms with Gasteiger partial charge in [-0.25, -0.2) is 4.39 Å². The summed E-state index contributed by atoms with van der Waals surface area (Å²) < 4.78 is 18.4. The van der Waals surface area contributed by atoms with E-state index in [4.69, 9.17) is 4.74 Å². The Morgan fingerprint density at radius 2 is 2.27 bits per heavy atom. The second kappa shape index (κ2) is 3.20. The molecule has 78 valence electrons. The third kappa shape index (κ3) is 1.55. The maximum atomic E-state index is 12.9. The van der Waals surface area contributed by atoms with E-state index in [1.807, 2.05) is 0 Å². The lowest BCUT2D eigenvalue weighted by Crippen LogP contribution is -2.50. The SMILES string of the molecule is Fc1ccc2nc(OC3CNC3)[nH]c2c1. The Kier molecular flexibility index (Phi) is 1.85. The van der Waals surface area contributed by atoms with Crippen LogP contribution in [0.2, 0.25) is 0 Å². The Bertz CT molecular complexity index is 492. The van der Waals surface area contributed by atoms with E-state index in [0.29, 0.717) is 11.5 Å². The monoisotopic (exact) mass is 207 g/mol. The topological polar surface area (TPSA) is 49.9 Å². The molecule has 2 heterocycles. The number of imidazole rings is 1. The number of halogens is 1. The third-order valence-electron chi connectivity index (χ3n) is 2.44. The van der Waals surface area contributed by atoms with E-state index in [1.54, 1.807) is 6.07 Å². The molecule has 0 unspecified atom stereocenters. The summed E-state index contributed by atoms with van der Waals surface area (Å²) >= 11 is 0. The van der Waals surface area contributed by atoms with Gasteiger partial charge in [0.1, 0.15) is 11.9 Å². The van der Waals surface area contributed by atoms with E-state index in [0.717, 1.165) is 18.6 Å². The highest BCUT2D eigenvalue weighted by Crippen LogP contribution is 2.18. The minimum atomic E-state index is -0.275. The molecule has 3 rings (SSSR count). The van der Waals surface area contributed by atoms with E-state index >= 15 is 0 Å². The van der Waals surface area contributed by atoms with Crippen LogP contribution in [0.4, 0.5) is 4.39 Å². The Hall–Kier alpha value is -1.62. The Labute approximate surface area is 85.5 Å². The first-order valence-electron chi connectivity index (χ1n) is 4.84. The van der Waals surface area contributed by atoms with Gasteiger partial charge in [0, 0.05) is 13.1 Å². The normalized spacial score (nSPS) is 16.6. The number of fused-ring (bicyclic) bond motifs is 1. The predicted octanol–water partition coefficient (Wildman–Crippen LogP) is 1.05. The van der Waals surface area contributed by atoms with Gasteiger partial charge in [0.15, 0.2) is 0 Å². The van der Waals surface area contributed by atoms with Crippen molar-refractivity contribution in [1.29, 1.82) is 0 Å². The summed E-state index contributed by atoms with van der Waals surface area (Å²) in [6.45, 7) is 1.68. The van der Waals surface area contributed by atoms with Crippen molar-refractivity contribution in [2.75, 3.05) is 13.1 Å². The minimum Gasteiger partial charge on any atom is -0.459 e. The first kappa shape index (κ1) is 8.67. The smallest absolute Gasteiger partial charge is 0.294 e. The summed E-state index contributed by atoms with van der Waals surface area (Å²) in [5.74, 6) is -0.275. The van der Waals surface area contributed by atoms with Crippen LogP contribution in [-0.2, 0) is 0 Å². The average Bonchev–Trinajstić information content (AvgIpc) is 2.53. The summed E-state index contributed by atoms with van der Waals surface area (Å²) in [6, 6.07) is 4.89. The molecule has 1 saturated heterocycles. The van der Waals surface area contributed by atoms with Crippen molar-refractivity contribution in [3.05, 3.63) is 24.0 Å². The fourth-order valence-corrected chi connectivity index (χ4v) is 1.52. The van der Waals surface area contributed by atoms with E-state index < -0.39 is 0 Å². The van der Waals surface area contributed by atoms with Gasteiger partial charge in [-0.3, -0.25) is 0 Å². The largest absolute Gasteiger partial charge is 0.459 e. The van der Waals surface area contributed by atoms with E-state index in [-0.39, 0.29) is 11.9 Å². The molecule has 5 heteroatoms. The lowest BCUT2D eigenvalue weighted by molar-refractivity contribution is 0.131. The van der Waals surface area contributed by atoms with Gasteiger partial charge in [-0.2, -0.15) is 4.98 Å². The van der Waals surface area contributed by atoms with Crippen LogP contribution in [0, 0.1) is 5.82 Å². The van der Waals surface area contributed by atoms with Gasteiger partial charge in [-0.05, 0) is 18.2 Å². The van der Waals surface area contributed by atoms with Crippen molar-refractivity contribution >= 4 is 11.0 Å². The van der Waals surface area contributed by atoms with Crippen LogP contribution in [0.1, 0.15) is 0 Å². The van der Waals surface area contributed by atoms with Gasteiger partial charge in [-0.15, -0.1) is 0 Å². The lowest BCUT2D eigenvalue weighted by atomic mass is 10.2. The standard InChI is InChI=1S/C10H10FN3O/c11-6-1-2-8-9(3-6)14-10(13-8)15-7-4-12-5-7/h1-3,7,12H,4-5H2,(H,13,14). The fraction of sp³-hybridized carbons (Fsp3) is 0.300. The summed E-state index contributed by atoms with van der Waals surface area (Å²) in [6.07, 6.45) is 0.176. The van der Waals surface area contributed by atoms with Crippen molar-refractivity contribution in [1.82, 2.24) is 15.3 Å². The maximum Gasteiger partial charge on any atom is 0.294 e. The number of benzene rings is 1. The number of hydrogen-bond acceptors (Lipinski definition) is 3. The zero-order valence-corrected chi connectivity index (χ0v) is 7.96. The van der Waals surface area contributed by atoms with Crippen LogP contribution >= 0.6 is 0 Å². The average molecular weight is 207 g/mol. The van der Waals surface area contributed by atoms with E-state index in [9.17, 15) is 4.39 Å². The molecule has 2 aromatic rings. The second-order valence-corrected chi connectivity index (χ2v) is 3.60. The molecule has 0 spiro atoms. The molecule has 1 aromatic carbocycles. The van der Waals surface area contributed by atoms with Gasteiger partial charge in [0.05, 0.1) is 11.0 Å². The van der Waals surface area contributed by atoms with Crippen molar-refractivity contribution in [2.45, 2.75) is 6.10 Å². The number of aromatic amines is 1. The fourth-order valence-electron chi connectivity index (χ4n) is 1.52. The van der Waals surface area contributed by atoms with Crippen LogP contribution in [0.25, 0.3) is 11.0 Å². The van der Waals surface area contributed by atoms with Crippen LogP contribution in [0.5, 0.6) is 6.01 Å². The zero-order chi connectivity index (χ0) is 10.3. The molecule has 1 aliphatic heterocycles. The van der Waals surface area contributed by atoms with Crippen molar-refractivity contribution in [3.63, 3.8) is 0 Å². The summed E-state index contributed by atoms with van der Waals surface area (Å²) in [5.41, 5.74) is 1.39. The molecule has 2 N–H and O–H groups in total. The molecular weight excluding hydrogens is 197 g/mol. The third-order valence-corrected chi connectivity index (χ3v) is 2.44. The molecule has 0 radical (unpaired) electrons.